The molecule has 6 N–H and O–H groups in total. The maximum atomic E-state index is 13.5. The Morgan fingerprint density at radius 3 is 1.30 bits per heavy atom. The molecular formula is C70H116O12. The number of rotatable bonds is 6. The highest BCUT2D eigenvalue weighted by molar-refractivity contribution is 5.76. The van der Waals surface area contributed by atoms with Crippen LogP contribution in [0.2, 0.25) is 0 Å². The molecule has 4 spiro atoms. The van der Waals surface area contributed by atoms with Gasteiger partial charge in [0.05, 0.1) is 69.9 Å². The molecule has 10 aliphatic carbocycles. The first-order valence-corrected chi connectivity index (χ1v) is 33.1. The van der Waals surface area contributed by atoms with Crippen LogP contribution in [0, 0.1) is 100 Å². The smallest absolute Gasteiger partial charge is 0.311 e. The first-order chi connectivity index (χ1) is 37.2. The van der Waals surface area contributed by atoms with Gasteiger partial charge in [-0.3, -0.25) is 9.59 Å². The van der Waals surface area contributed by atoms with E-state index < -0.39 is 51.5 Å². The monoisotopic (exact) mass is 1150 g/mol. The molecule has 0 bridgehead atoms. The van der Waals surface area contributed by atoms with Crippen LogP contribution >= 0.6 is 0 Å². The van der Waals surface area contributed by atoms with Gasteiger partial charge in [-0.25, -0.2) is 0 Å². The number of carbonyl (C=O) groups excluding carboxylic acids is 2. The van der Waals surface area contributed by atoms with Crippen molar-refractivity contribution >= 4 is 11.9 Å². The van der Waals surface area contributed by atoms with E-state index in [0.29, 0.717) is 11.8 Å². The molecule has 2 heterocycles. The number of hydrogen-bond donors (Lipinski definition) is 6. The molecule has 12 heteroatoms. The SMILES string of the molecule is CC(C)(C)C(=O)O[C@H]1CC[C@]23C[C@]24CC[C@]2(C)[C@@H]([C@@]5(C)CC[C@@H](C(C)(C)O)O5)[C@@H](O)C[C@@]2(C)[C@@H]4C[C@H](O)[C@H]3C1(C)C.CC(C)(C)C(=O)O[C@H]1C[C@@]2(C)[C@@H]3C[C@H](O)[C@H]4C(C)(C)[C@@H](O)CC[C@@]45C[C@@]35CC[C@]2(C)[C@H]1[C@@]1(C)CC[C@@H](C(C)(C)O)O1. The van der Waals surface area contributed by atoms with Crippen LogP contribution in [0.25, 0.3) is 0 Å². The zero-order valence-electron chi connectivity index (χ0n) is 54.9. The minimum atomic E-state index is -0.935. The summed E-state index contributed by atoms with van der Waals surface area (Å²) in [6, 6.07) is 0. The minimum absolute atomic E-state index is 0.00162. The summed E-state index contributed by atoms with van der Waals surface area (Å²) in [4.78, 5) is 26.4. The van der Waals surface area contributed by atoms with E-state index in [1.54, 1.807) is 0 Å². The Bertz CT molecular complexity index is 2550. The van der Waals surface area contributed by atoms with E-state index in [9.17, 15) is 40.2 Å². The van der Waals surface area contributed by atoms with Gasteiger partial charge in [-0.05, 0) is 271 Å². The highest BCUT2D eigenvalue weighted by Gasteiger charge is 2.87. The Hall–Kier alpha value is -1.38. The van der Waals surface area contributed by atoms with Gasteiger partial charge >= 0.3 is 11.9 Å². The second-order valence-corrected chi connectivity index (χ2v) is 37.0. The summed E-state index contributed by atoms with van der Waals surface area (Å²) in [6.45, 7) is 41.8. The normalized spacial score (nSPS) is 54.0. The van der Waals surface area contributed by atoms with E-state index in [4.69, 9.17) is 18.9 Å². The summed E-state index contributed by atoms with van der Waals surface area (Å²) < 4.78 is 26.3. The van der Waals surface area contributed by atoms with Crippen LogP contribution in [0.3, 0.4) is 0 Å². The first kappa shape index (κ1) is 62.2. The van der Waals surface area contributed by atoms with E-state index in [0.717, 1.165) is 116 Å². The summed E-state index contributed by atoms with van der Waals surface area (Å²) in [6.07, 6.45) is 14.0. The van der Waals surface area contributed by atoms with Crippen molar-refractivity contribution in [2.45, 2.75) is 325 Å². The Kier molecular flexibility index (Phi) is 13.8. The lowest BCUT2D eigenvalue weighted by Crippen LogP contribution is -2.62. The highest BCUT2D eigenvalue weighted by atomic mass is 16.6. The molecule has 0 amide bonds. The van der Waals surface area contributed by atoms with E-state index in [1.165, 1.54) is 0 Å². The van der Waals surface area contributed by atoms with Crippen LogP contribution < -0.4 is 0 Å². The molecule has 24 atom stereocenters. The van der Waals surface area contributed by atoms with Crippen molar-refractivity contribution in [1.29, 1.82) is 0 Å². The van der Waals surface area contributed by atoms with Gasteiger partial charge in [0.25, 0.3) is 0 Å². The van der Waals surface area contributed by atoms with Crippen LogP contribution in [-0.2, 0) is 28.5 Å². The molecule has 0 radical (unpaired) electrons. The van der Waals surface area contributed by atoms with E-state index >= 15 is 0 Å². The Balaban J connectivity index is 0.000000172. The minimum Gasteiger partial charge on any atom is -0.462 e. The number of aliphatic hydroxyl groups is 6. The van der Waals surface area contributed by atoms with E-state index in [2.05, 4.69) is 69.2 Å². The van der Waals surface area contributed by atoms with Gasteiger partial charge in [-0.15, -0.1) is 0 Å². The lowest BCUT2D eigenvalue weighted by molar-refractivity contribution is -0.220. The van der Waals surface area contributed by atoms with Crippen molar-refractivity contribution in [2.75, 3.05) is 0 Å². The van der Waals surface area contributed by atoms with Crippen LogP contribution in [-0.4, -0.2) is 114 Å². The number of fused-ring (bicyclic) bond motifs is 4. The van der Waals surface area contributed by atoms with Crippen molar-refractivity contribution < 1.29 is 59.2 Å². The van der Waals surface area contributed by atoms with Gasteiger partial charge in [-0.1, -0.05) is 55.4 Å². The molecule has 12 aliphatic rings. The van der Waals surface area contributed by atoms with E-state index in [-0.39, 0.29) is 120 Å². The molecule has 12 nitrogen and oxygen atoms in total. The van der Waals surface area contributed by atoms with Crippen molar-refractivity contribution in [3.63, 3.8) is 0 Å². The van der Waals surface area contributed by atoms with Crippen molar-refractivity contribution in [3.05, 3.63) is 0 Å². The van der Waals surface area contributed by atoms with Gasteiger partial charge in [0.15, 0.2) is 0 Å². The number of ether oxygens (including phenoxy) is 4. The van der Waals surface area contributed by atoms with Crippen molar-refractivity contribution in [3.8, 4) is 0 Å². The third kappa shape index (κ3) is 8.18. The first-order valence-electron chi connectivity index (χ1n) is 33.1. The number of esters is 2. The number of carbonyl (C=O) groups is 2. The summed E-state index contributed by atoms with van der Waals surface area (Å²) in [7, 11) is 0. The molecule has 0 aromatic rings. The fourth-order valence-electron chi connectivity index (χ4n) is 25.1. The van der Waals surface area contributed by atoms with Gasteiger partial charge in [-0.2, -0.15) is 0 Å². The average Bonchev–Trinajstić information content (AvgIpc) is 1.47. The molecule has 10 saturated carbocycles. The topological polar surface area (TPSA) is 192 Å². The molecular weight excluding hydrogens is 1030 g/mol. The maximum Gasteiger partial charge on any atom is 0.311 e. The maximum absolute atomic E-state index is 13.5. The lowest BCUT2D eigenvalue weighted by atomic mass is 9.41. The predicted molar refractivity (Wildman–Crippen MR) is 316 cm³/mol. The fourth-order valence-corrected chi connectivity index (χ4v) is 25.1. The molecule has 468 valence electrons. The largest absolute Gasteiger partial charge is 0.462 e. The highest BCUT2D eigenvalue weighted by Crippen LogP contribution is 2.91. The van der Waals surface area contributed by atoms with Crippen LogP contribution in [0.4, 0.5) is 0 Å². The lowest BCUT2D eigenvalue weighted by Gasteiger charge is -2.64. The second kappa shape index (κ2) is 18.2. The number of aliphatic hydroxyl groups excluding tert-OH is 4. The third-order valence-electron chi connectivity index (χ3n) is 29.2. The Morgan fingerprint density at radius 1 is 0.439 bits per heavy atom. The predicted octanol–water partition coefficient (Wildman–Crippen LogP) is 12.1. The molecule has 12 rings (SSSR count). The Morgan fingerprint density at radius 2 is 0.854 bits per heavy atom. The summed E-state index contributed by atoms with van der Waals surface area (Å²) in [5.41, 5.74) is -4.53. The van der Waals surface area contributed by atoms with Gasteiger partial charge in [0.1, 0.15) is 12.2 Å². The summed E-state index contributed by atoms with van der Waals surface area (Å²) in [5, 5.41) is 68.5. The standard InChI is InChI=1S/2C35H58O6/c1-28(2,3)27(38)40-21-18-32(9)22-17-20(36)25-29(4,5)23(37)11-14-35(25)19-34(22,35)16-15-31(32,8)26(21)33(10)13-12-24(41-33)30(6,7)39;1-28(2,3)27(38)40-23-12-14-35-19-34(35)16-15-31(8)26(33(10)13-11-24(41-33)30(6,7)39)21(37)18-32(31,9)22(34)17-20(36)25(35)29(23,4)5/h2*20-26,36-37,39H,11-19H2,1-10H3/t2*20-,21-,22-,23-,24-,25-,26-,31+,32-,33+,34-,35+/m00/s1. The van der Waals surface area contributed by atoms with Crippen LogP contribution in [0.15, 0.2) is 0 Å². The molecule has 0 aromatic carbocycles. The van der Waals surface area contributed by atoms with Crippen LogP contribution in [0.5, 0.6) is 0 Å². The summed E-state index contributed by atoms with van der Waals surface area (Å²) in [5.74, 6) is 0.600. The van der Waals surface area contributed by atoms with Gasteiger partial charge in [0, 0.05) is 17.3 Å². The average molecular weight is 1150 g/mol. The number of hydrogen-bond acceptors (Lipinski definition) is 12. The molecule has 2 saturated heterocycles. The van der Waals surface area contributed by atoms with Crippen molar-refractivity contribution in [2.24, 2.45) is 100 Å². The molecule has 2 aliphatic heterocycles. The zero-order valence-corrected chi connectivity index (χ0v) is 54.9. The quantitative estimate of drug-likeness (QED) is 0.138. The van der Waals surface area contributed by atoms with Crippen LogP contribution in [0.1, 0.15) is 254 Å². The second-order valence-electron chi connectivity index (χ2n) is 37.0. The fraction of sp³-hybridized carbons (Fsp3) is 0.971. The molecule has 0 unspecified atom stereocenters. The van der Waals surface area contributed by atoms with Crippen molar-refractivity contribution in [1.82, 2.24) is 0 Å². The Labute approximate surface area is 494 Å². The molecule has 12 fully saturated rings. The van der Waals surface area contributed by atoms with E-state index in [1.807, 2.05) is 69.2 Å². The van der Waals surface area contributed by atoms with Gasteiger partial charge < -0.3 is 49.6 Å². The molecule has 82 heavy (non-hydrogen) atoms. The van der Waals surface area contributed by atoms with Gasteiger partial charge in [0.2, 0.25) is 0 Å². The third-order valence-corrected chi connectivity index (χ3v) is 29.2. The zero-order chi connectivity index (χ0) is 60.8. The summed E-state index contributed by atoms with van der Waals surface area (Å²) >= 11 is 0. The molecule has 0 aromatic heterocycles.